The lowest BCUT2D eigenvalue weighted by atomic mass is 10.1. The quantitative estimate of drug-likeness (QED) is 0.884. The smallest absolute Gasteiger partial charge is 0.276 e. The third-order valence-electron chi connectivity index (χ3n) is 4.28. The maximum atomic E-state index is 12.7. The monoisotopic (exact) mass is 299 g/mol. The Morgan fingerprint density at radius 1 is 1.40 bits per heavy atom. The first kappa shape index (κ1) is 14.1. The molecule has 3 heterocycles. The molecule has 2 aliphatic heterocycles. The molecule has 0 aromatic carbocycles. The summed E-state index contributed by atoms with van der Waals surface area (Å²) in [5.41, 5.74) is 5.47. The number of piperazine rings is 1. The molecule has 3 rings (SSSR count). The van der Waals surface area contributed by atoms with E-state index in [-0.39, 0.29) is 17.7 Å². The zero-order valence-electron chi connectivity index (χ0n) is 11.7. The van der Waals surface area contributed by atoms with Crippen LogP contribution >= 0.6 is 0 Å². The topological polar surface area (TPSA) is 79.8 Å². The molecule has 0 bridgehead atoms. The zero-order chi connectivity index (χ0) is 14.3. The lowest BCUT2D eigenvalue weighted by molar-refractivity contribution is 0.115. The van der Waals surface area contributed by atoms with Gasteiger partial charge in [0, 0.05) is 25.2 Å². The van der Waals surface area contributed by atoms with Gasteiger partial charge in [-0.2, -0.15) is 4.31 Å². The Kier molecular flexibility index (Phi) is 3.62. The second-order valence-electron chi connectivity index (χ2n) is 5.64. The van der Waals surface area contributed by atoms with Crippen LogP contribution in [0, 0.1) is 0 Å². The molecule has 6 nitrogen and oxygen atoms in total. The van der Waals surface area contributed by atoms with E-state index in [9.17, 15) is 8.42 Å². The van der Waals surface area contributed by atoms with E-state index in [2.05, 4.69) is 4.90 Å². The van der Waals surface area contributed by atoms with Crippen LogP contribution in [-0.4, -0.2) is 49.3 Å². The van der Waals surface area contributed by atoms with Crippen LogP contribution in [0.15, 0.2) is 21.6 Å². The van der Waals surface area contributed by atoms with Crippen molar-refractivity contribution in [1.82, 2.24) is 9.21 Å². The molecule has 0 amide bonds. The van der Waals surface area contributed by atoms with Crippen molar-refractivity contribution < 1.29 is 12.8 Å². The number of furan rings is 1. The van der Waals surface area contributed by atoms with Gasteiger partial charge in [-0.1, -0.05) is 0 Å². The molecule has 1 aromatic rings. The van der Waals surface area contributed by atoms with E-state index in [1.807, 2.05) is 6.92 Å². The minimum atomic E-state index is -3.55. The number of fused-ring (bicyclic) bond motifs is 1. The van der Waals surface area contributed by atoms with E-state index in [0.717, 1.165) is 25.9 Å². The van der Waals surface area contributed by atoms with Gasteiger partial charge in [0.1, 0.15) is 5.76 Å². The summed E-state index contributed by atoms with van der Waals surface area (Å²) in [6.07, 6.45) is 2.23. The van der Waals surface area contributed by atoms with Crippen LogP contribution in [0.25, 0.3) is 0 Å². The van der Waals surface area contributed by atoms with Gasteiger partial charge in [0.25, 0.3) is 10.0 Å². The molecular weight excluding hydrogens is 278 g/mol. The SMILES string of the molecule is CC1CN2CCCC2CN1S(=O)(=O)c1ccc(CN)o1. The van der Waals surface area contributed by atoms with Gasteiger partial charge in [0.05, 0.1) is 6.54 Å². The maximum absolute atomic E-state index is 12.7. The molecule has 20 heavy (non-hydrogen) atoms. The Hall–Kier alpha value is -0.890. The standard InChI is InChI=1S/C13H21N3O3S/c1-10-8-15-6-2-3-11(15)9-16(10)20(17,18)13-5-4-12(7-14)19-13/h4-5,10-11H,2-3,6-9,14H2,1H3. The second kappa shape index (κ2) is 5.14. The fourth-order valence-corrected chi connectivity index (χ4v) is 4.81. The van der Waals surface area contributed by atoms with Gasteiger partial charge in [-0.3, -0.25) is 4.90 Å². The van der Waals surface area contributed by atoms with Crippen molar-refractivity contribution in [1.29, 1.82) is 0 Å². The summed E-state index contributed by atoms with van der Waals surface area (Å²) in [5, 5.41) is 0.0104. The highest BCUT2D eigenvalue weighted by Gasteiger charge is 2.41. The molecule has 112 valence electrons. The Morgan fingerprint density at radius 2 is 2.20 bits per heavy atom. The van der Waals surface area contributed by atoms with Gasteiger partial charge in [0.15, 0.2) is 0 Å². The van der Waals surface area contributed by atoms with Crippen molar-refractivity contribution in [3.05, 3.63) is 17.9 Å². The Labute approximate surface area is 119 Å². The van der Waals surface area contributed by atoms with Crippen molar-refractivity contribution in [2.45, 2.75) is 43.5 Å². The van der Waals surface area contributed by atoms with Crippen LogP contribution in [0.4, 0.5) is 0 Å². The minimum absolute atomic E-state index is 0.0104. The summed E-state index contributed by atoms with van der Waals surface area (Å²) in [4.78, 5) is 2.39. The third-order valence-corrected chi connectivity index (χ3v) is 6.14. The third kappa shape index (κ3) is 2.28. The first-order valence-electron chi connectivity index (χ1n) is 7.07. The molecule has 7 heteroatoms. The fraction of sp³-hybridized carbons (Fsp3) is 0.692. The molecule has 0 radical (unpaired) electrons. The van der Waals surface area contributed by atoms with Crippen LogP contribution < -0.4 is 5.73 Å². The summed E-state index contributed by atoms with van der Waals surface area (Å²) in [6, 6.07) is 3.46. The number of hydrogen-bond acceptors (Lipinski definition) is 5. The molecule has 1 aromatic heterocycles. The van der Waals surface area contributed by atoms with Gasteiger partial charge in [-0.15, -0.1) is 0 Å². The second-order valence-corrected chi connectivity index (χ2v) is 7.46. The van der Waals surface area contributed by atoms with Crippen molar-refractivity contribution in [3.8, 4) is 0 Å². The van der Waals surface area contributed by atoms with E-state index in [1.165, 1.54) is 6.07 Å². The maximum Gasteiger partial charge on any atom is 0.276 e. The van der Waals surface area contributed by atoms with E-state index in [0.29, 0.717) is 18.3 Å². The predicted octanol–water partition coefficient (Wildman–Crippen LogP) is 0.596. The van der Waals surface area contributed by atoms with Crippen LogP contribution in [-0.2, 0) is 16.6 Å². The van der Waals surface area contributed by atoms with Gasteiger partial charge >= 0.3 is 0 Å². The van der Waals surface area contributed by atoms with Crippen LogP contribution in [0.5, 0.6) is 0 Å². The van der Waals surface area contributed by atoms with Crippen LogP contribution in [0.3, 0.4) is 0 Å². The molecule has 2 unspecified atom stereocenters. The Bertz CT molecular complexity index is 583. The summed E-state index contributed by atoms with van der Waals surface area (Å²) in [6.45, 7) is 4.61. The summed E-state index contributed by atoms with van der Waals surface area (Å²) >= 11 is 0. The molecule has 2 atom stereocenters. The van der Waals surface area contributed by atoms with Crippen LogP contribution in [0.2, 0.25) is 0 Å². The average Bonchev–Trinajstić information content (AvgIpc) is 3.05. The van der Waals surface area contributed by atoms with Gasteiger partial charge < -0.3 is 10.2 Å². The summed E-state index contributed by atoms with van der Waals surface area (Å²) < 4.78 is 32.3. The molecule has 0 spiro atoms. The first-order chi connectivity index (χ1) is 9.52. The minimum Gasteiger partial charge on any atom is -0.447 e. The summed E-state index contributed by atoms with van der Waals surface area (Å²) in [7, 11) is -3.55. The zero-order valence-corrected chi connectivity index (χ0v) is 12.5. The molecule has 2 fully saturated rings. The highest BCUT2D eigenvalue weighted by atomic mass is 32.2. The van der Waals surface area contributed by atoms with E-state index in [1.54, 1.807) is 10.4 Å². The Balaban J connectivity index is 1.86. The van der Waals surface area contributed by atoms with E-state index >= 15 is 0 Å². The lowest BCUT2D eigenvalue weighted by Crippen LogP contribution is -2.56. The molecule has 2 saturated heterocycles. The van der Waals surface area contributed by atoms with E-state index < -0.39 is 10.0 Å². The normalized spacial score (nSPS) is 28.7. The summed E-state index contributed by atoms with van der Waals surface area (Å²) in [5.74, 6) is 0.496. The number of sulfonamides is 1. The largest absolute Gasteiger partial charge is 0.447 e. The molecule has 0 aliphatic carbocycles. The molecular formula is C13H21N3O3S. The van der Waals surface area contributed by atoms with Gasteiger partial charge in [-0.25, -0.2) is 8.42 Å². The van der Waals surface area contributed by atoms with Gasteiger partial charge in [-0.05, 0) is 38.4 Å². The van der Waals surface area contributed by atoms with Crippen molar-refractivity contribution in [2.75, 3.05) is 19.6 Å². The number of nitrogens with two attached hydrogens (primary N) is 1. The Morgan fingerprint density at radius 3 is 2.90 bits per heavy atom. The highest BCUT2D eigenvalue weighted by Crippen LogP contribution is 2.29. The van der Waals surface area contributed by atoms with Gasteiger partial charge in [0.2, 0.25) is 5.09 Å². The lowest BCUT2D eigenvalue weighted by Gasteiger charge is -2.40. The number of hydrogen-bond donors (Lipinski definition) is 1. The van der Waals surface area contributed by atoms with Crippen molar-refractivity contribution in [2.24, 2.45) is 5.73 Å². The van der Waals surface area contributed by atoms with Crippen LogP contribution in [0.1, 0.15) is 25.5 Å². The first-order valence-corrected chi connectivity index (χ1v) is 8.51. The molecule has 2 N–H and O–H groups in total. The van der Waals surface area contributed by atoms with E-state index in [4.69, 9.17) is 10.2 Å². The predicted molar refractivity (Wildman–Crippen MR) is 74.5 cm³/mol. The number of nitrogens with zero attached hydrogens (tertiary/aromatic N) is 2. The average molecular weight is 299 g/mol. The van der Waals surface area contributed by atoms with Crippen molar-refractivity contribution in [3.63, 3.8) is 0 Å². The highest BCUT2D eigenvalue weighted by molar-refractivity contribution is 7.89. The number of rotatable bonds is 3. The fourth-order valence-electron chi connectivity index (χ4n) is 3.22. The molecule has 2 aliphatic rings. The van der Waals surface area contributed by atoms with Crippen molar-refractivity contribution >= 4 is 10.0 Å². The molecule has 0 saturated carbocycles.